The first-order valence-electron chi connectivity index (χ1n) is 6.24. The van der Waals surface area contributed by atoms with Crippen molar-refractivity contribution < 1.29 is 4.42 Å². The molecule has 2 nitrogen and oxygen atoms in total. The van der Waals surface area contributed by atoms with Crippen molar-refractivity contribution in [3.8, 4) is 11.3 Å². The Bertz CT molecular complexity index is 496. The standard InChI is InChI=1S/C15H17NO/c1-12-11-13(16-8-2-3-9-16)6-7-14(12)15-5-4-10-17-15/h4-7,10-11H,2-3,8-9H2,1H3. The van der Waals surface area contributed by atoms with Crippen LogP contribution in [0.2, 0.25) is 0 Å². The Morgan fingerprint density at radius 2 is 1.94 bits per heavy atom. The molecule has 1 aromatic heterocycles. The van der Waals surface area contributed by atoms with Gasteiger partial charge in [-0.15, -0.1) is 0 Å². The topological polar surface area (TPSA) is 16.4 Å². The number of benzene rings is 1. The summed E-state index contributed by atoms with van der Waals surface area (Å²) in [6.45, 7) is 4.54. The smallest absolute Gasteiger partial charge is 0.134 e. The van der Waals surface area contributed by atoms with E-state index in [4.69, 9.17) is 4.42 Å². The zero-order valence-corrected chi connectivity index (χ0v) is 10.1. The van der Waals surface area contributed by atoms with Gasteiger partial charge in [-0.05, 0) is 55.7 Å². The highest BCUT2D eigenvalue weighted by Gasteiger charge is 2.13. The van der Waals surface area contributed by atoms with E-state index in [0.717, 1.165) is 5.76 Å². The fraction of sp³-hybridized carbons (Fsp3) is 0.333. The lowest BCUT2D eigenvalue weighted by molar-refractivity contribution is 0.582. The maximum absolute atomic E-state index is 5.45. The Balaban J connectivity index is 1.94. The van der Waals surface area contributed by atoms with Crippen molar-refractivity contribution in [2.45, 2.75) is 19.8 Å². The molecule has 2 heterocycles. The highest BCUT2D eigenvalue weighted by molar-refractivity contribution is 5.66. The summed E-state index contributed by atoms with van der Waals surface area (Å²) in [5.74, 6) is 0.954. The number of aryl methyl sites for hydroxylation is 1. The van der Waals surface area contributed by atoms with Gasteiger partial charge in [-0.3, -0.25) is 0 Å². The maximum atomic E-state index is 5.45. The minimum Gasteiger partial charge on any atom is -0.464 e. The summed E-state index contributed by atoms with van der Waals surface area (Å²) < 4.78 is 5.45. The monoisotopic (exact) mass is 227 g/mol. The molecule has 0 spiro atoms. The number of hydrogen-bond acceptors (Lipinski definition) is 2. The zero-order chi connectivity index (χ0) is 11.7. The molecule has 1 saturated heterocycles. The predicted octanol–water partition coefficient (Wildman–Crippen LogP) is 3.86. The number of rotatable bonds is 2. The average molecular weight is 227 g/mol. The van der Waals surface area contributed by atoms with Crippen molar-refractivity contribution in [1.82, 2.24) is 0 Å². The predicted molar refractivity (Wildman–Crippen MR) is 70.3 cm³/mol. The lowest BCUT2D eigenvalue weighted by Gasteiger charge is -2.18. The lowest BCUT2D eigenvalue weighted by Crippen LogP contribution is -2.17. The Hall–Kier alpha value is -1.70. The zero-order valence-electron chi connectivity index (χ0n) is 10.1. The molecule has 0 radical (unpaired) electrons. The van der Waals surface area contributed by atoms with Gasteiger partial charge >= 0.3 is 0 Å². The first-order valence-corrected chi connectivity index (χ1v) is 6.24. The van der Waals surface area contributed by atoms with Gasteiger partial charge in [-0.1, -0.05) is 0 Å². The highest BCUT2D eigenvalue weighted by Crippen LogP contribution is 2.29. The van der Waals surface area contributed by atoms with Crippen molar-refractivity contribution in [2.75, 3.05) is 18.0 Å². The van der Waals surface area contributed by atoms with E-state index in [1.165, 1.54) is 42.7 Å². The largest absolute Gasteiger partial charge is 0.464 e. The summed E-state index contributed by atoms with van der Waals surface area (Å²) in [5.41, 5.74) is 3.82. The maximum Gasteiger partial charge on any atom is 0.134 e. The van der Waals surface area contributed by atoms with Gasteiger partial charge in [0.25, 0.3) is 0 Å². The summed E-state index contributed by atoms with van der Waals surface area (Å²) >= 11 is 0. The van der Waals surface area contributed by atoms with Crippen LogP contribution in [0.25, 0.3) is 11.3 Å². The molecule has 1 fully saturated rings. The highest BCUT2D eigenvalue weighted by atomic mass is 16.3. The van der Waals surface area contributed by atoms with Crippen LogP contribution in [-0.2, 0) is 0 Å². The van der Waals surface area contributed by atoms with E-state index in [1.54, 1.807) is 6.26 Å². The molecule has 0 aliphatic carbocycles. The van der Waals surface area contributed by atoms with Crippen molar-refractivity contribution in [2.24, 2.45) is 0 Å². The Morgan fingerprint density at radius 3 is 2.59 bits per heavy atom. The third-order valence-corrected chi connectivity index (χ3v) is 3.47. The van der Waals surface area contributed by atoms with Crippen LogP contribution in [-0.4, -0.2) is 13.1 Å². The normalized spacial score (nSPS) is 15.5. The molecule has 2 heteroatoms. The van der Waals surface area contributed by atoms with Crippen LogP contribution < -0.4 is 4.90 Å². The van der Waals surface area contributed by atoms with E-state index in [1.807, 2.05) is 12.1 Å². The van der Waals surface area contributed by atoms with E-state index in [9.17, 15) is 0 Å². The van der Waals surface area contributed by atoms with E-state index < -0.39 is 0 Å². The van der Waals surface area contributed by atoms with Crippen molar-refractivity contribution in [3.05, 3.63) is 42.2 Å². The fourth-order valence-electron chi connectivity index (χ4n) is 2.53. The van der Waals surface area contributed by atoms with Gasteiger partial charge in [0.15, 0.2) is 0 Å². The summed E-state index contributed by atoms with van der Waals surface area (Å²) in [6.07, 6.45) is 4.36. The summed E-state index contributed by atoms with van der Waals surface area (Å²) in [7, 11) is 0. The SMILES string of the molecule is Cc1cc(N2CCCC2)ccc1-c1ccco1. The molecule has 2 aromatic rings. The van der Waals surface area contributed by atoms with E-state index >= 15 is 0 Å². The third kappa shape index (κ3) is 1.95. The quantitative estimate of drug-likeness (QED) is 0.774. The summed E-state index contributed by atoms with van der Waals surface area (Å²) in [4.78, 5) is 2.46. The molecule has 3 rings (SSSR count). The molecular formula is C15H17NO. The molecular weight excluding hydrogens is 210 g/mol. The van der Waals surface area contributed by atoms with E-state index in [2.05, 4.69) is 30.0 Å². The van der Waals surface area contributed by atoms with Crippen molar-refractivity contribution in [1.29, 1.82) is 0 Å². The van der Waals surface area contributed by atoms with Crippen LogP contribution in [0.1, 0.15) is 18.4 Å². The van der Waals surface area contributed by atoms with Gasteiger partial charge in [0, 0.05) is 24.3 Å². The number of furan rings is 1. The minimum absolute atomic E-state index is 0.954. The van der Waals surface area contributed by atoms with Crippen molar-refractivity contribution in [3.63, 3.8) is 0 Å². The second-order valence-corrected chi connectivity index (χ2v) is 4.67. The second kappa shape index (κ2) is 4.28. The van der Waals surface area contributed by atoms with Gasteiger partial charge in [-0.25, -0.2) is 0 Å². The van der Waals surface area contributed by atoms with Gasteiger partial charge in [0.05, 0.1) is 6.26 Å². The molecule has 17 heavy (non-hydrogen) atoms. The van der Waals surface area contributed by atoms with Gasteiger partial charge in [-0.2, -0.15) is 0 Å². The van der Waals surface area contributed by atoms with Crippen LogP contribution in [0.15, 0.2) is 41.0 Å². The number of anilines is 1. The Kier molecular flexibility index (Phi) is 2.63. The summed E-state index contributed by atoms with van der Waals surface area (Å²) in [5, 5.41) is 0. The number of hydrogen-bond donors (Lipinski definition) is 0. The molecule has 1 aliphatic heterocycles. The Labute approximate surface area is 102 Å². The van der Waals surface area contributed by atoms with Crippen LogP contribution in [0.3, 0.4) is 0 Å². The summed E-state index contributed by atoms with van der Waals surface area (Å²) in [6, 6.07) is 10.6. The molecule has 0 N–H and O–H groups in total. The molecule has 0 amide bonds. The van der Waals surface area contributed by atoms with E-state index in [0.29, 0.717) is 0 Å². The molecule has 0 unspecified atom stereocenters. The molecule has 1 aromatic carbocycles. The van der Waals surface area contributed by atoms with Crippen LogP contribution in [0, 0.1) is 6.92 Å². The molecule has 0 atom stereocenters. The fourth-order valence-corrected chi connectivity index (χ4v) is 2.53. The lowest BCUT2D eigenvalue weighted by atomic mass is 10.1. The first-order chi connectivity index (χ1) is 8.34. The van der Waals surface area contributed by atoms with E-state index in [-0.39, 0.29) is 0 Å². The van der Waals surface area contributed by atoms with Gasteiger partial charge in [0.1, 0.15) is 5.76 Å². The van der Waals surface area contributed by atoms with Gasteiger partial charge < -0.3 is 9.32 Å². The molecule has 0 bridgehead atoms. The first kappa shape index (κ1) is 10.5. The minimum atomic E-state index is 0.954. The third-order valence-electron chi connectivity index (χ3n) is 3.47. The molecule has 1 aliphatic rings. The molecule has 0 saturated carbocycles. The average Bonchev–Trinajstić information content (AvgIpc) is 3.02. The number of nitrogens with zero attached hydrogens (tertiary/aromatic N) is 1. The molecule has 88 valence electrons. The second-order valence-electron chi connectivity index (χ2n) is 4.67. The van der Waals surface area contributed by atoms with Crippen molar-refractivity contribution >= 4 is 5.69 Å². The van der Waals surface area contributed by atoms with Crippen LogP contribution >= 0.6 is 0 Å². The van der Waals surface area contributed by atoms with Gasteiger partial charge in [0.2, 0.25) is 0 Å². The van der Waals surface area contributed by atoms with Crippen LogP contribution in [0.5, 0.6) is 0 Å². The van der Waals surface area contributed by atoms with Crippen LogP contribution in [0.4, 0.5) is 5.69 Å². The Morgan fingerprint density at radius 1 is 1.12 bits per heavy atom.